The van der Waals surface area contributed by atoms with Gasteiger partial charge in [0.2, 0.25) is 11.8 Å². The first kappa shape index (κ1) is 24.2. The van der Waals surface area contributed by atoms with E-state index in [1.165, 1.54) is 20.4 Å². The number of hydrogen-bond donors (Lipinski definition) is 2. The van der Waals surface area contributed by atoms with Gasteiger partial charge in [-0.3, -0.25) is 0 Å². The van der Waals surface area contributed by atoms with Gasteiger partial charge < -0.3 is 20.5 Å². The molecule has 0 bridgehead atoms. The van der Waals surface area contributed by atoms with Crippen molar-refractivity contribution in [3.05, 3.63) is 75.3 Å². The van der Waals surface area contributed by atoms with Crippen LogP contribution in [0.4, 0.5) is 17.5 Å². The van der Waals surface area contributed by atoms with E-state index in [1.807, 2.05) is 24.3 Å². The van der Waals surface area contributed by atoms with E-state index in [2.05, 4.69) is 30.2 Å². The molecule has 0 unspecified atom stereocenters. The van der Waals surface area contributed by atoms with E-state index in [4.69, 9.17) is 38.4 Å². The number of rotatable bonds is 6. The third kappa shape index (κ3) is 4.69. The number of aromatic nitrogens is 6. The topological polar surface area (TPSA) is 143 Å². The van der Waals surface area contributed by atoms with Gasteiger partial charge in [0.25, 0.3) is 0 Å². The highest BCUT2D eigenvalue weighted by atomic mass is 35.5. The third-order valence-corrected chi connectivity index (χ3v) is 5.96. The van der Waals surface area contributed by atoms with Crippen molar-refractivity contribution in [2.75, 3.05) is 25.3 Å². The van der Waals surface area contributed by atoms with Crippen molar-refractivity contribution >= 4 is 51.7 Å². The second kappa shape index (κ2) is 9.88. The quantitative estimate of drug-likeness (QED) is 0.322. The van der Waals surface area contributed by atoms with Crippen LogP contribution in [0, 0.1) is 0 Å². The fourth-order valence-electron chi connectivity index (χ4n) is 3.58. The van der Waals surface area contributed by atoms with Crippen molar-refractivity contribution in [3.63, 3.8) is 0 Å². The van der Waals surface area contributed by atoms with E-state index in [1.54, 1.807) is 24.3 Å². The number of anilines is 3. The highest BCUT2D eigenvalue weighted by Gasteiger charge is 2.17. The number of halogens is 2. The summed E-state index contributed by atoms with van der Waals surface area (Å²) in [4.78, 5) is 34.0. The van der Waals surface area contributed by atoms with Crippen LogP contribution in [-0.4, -0.2) is 43.7 Å². The fourth-order valence-corrected chi connectivity index (χ4v) is 4.15. The molecule has 3 N–H and O–H groups in total. The minimum atomic E-state index is -0.676. The number of nitrogen functional groups attached to an aromatic ring is 1. The van der Waals surface area contributed by atoms with E-state index in [0.29, 0.717) is 22.6 Å². The fraction of sp³-hybridized carbons (Fsp3) is 0.0833. The molecule has 3 aromatic heterocycles. The summed E-state index contributed by atoms with van der Waals surface area (Å²) in [6.07, 6.45) is 1.47. The van der Waals surface area contributed by atoms with Crippen molar-refractivity contribution in [1.82, 2.24) is 29.5 Å². The number of methoxy groups -OCH3 is 2. The van der Waals surface area contributed by atoms with Gasteiger partial charge in [-0.15, -0.1) is 0 Å². The maximum Gasteiger partial charge on any atom is 0.355 e. The van der Waals surface area contributed by atoms with E-state index in [0.717, 1.165) is 10.1 Å². The summed E-state index contributed by atoms with van der Waals surface area (Å²) in [5.41, 5.74) is 8.11. The van der Waals surface area contributed by atoms with Crippen molar-refractivity contribution in [2.45, 2.75) is 0 Å². The smallest absolute Gasteiger partial charge is 0.355 e. The lowest BCUT2D eigenvalue weighted by molar-refractivity contribution is 0.353. The van der Waals surface area contributed by atoms with Crippen molar-refractivity contribution in [3.8, 4) is 28.8 Å². The molecule has 11 nitrogen and oxygen atoms in total. The minimum Gasteiger partial charge on any atom is -0.481 e. The molecule has 0 radical (unpaired) electrons. The SMILES string of the molecule is COc1cc(-c2ccc(Nc3ncc4c(N)n(-c5c(Cl)cccc5Cl)c(=O)nc4n3)cc2)nc(OC)n1. The Labute approximate surface area is 219 Å². The van der Waals surface area contributed by atoms with Gasteiger partial charge in [0, 0.05) is 23.5 Å². The number of nitrogens with one attached hydrogen (secondary N) is 1. The zero-order chi connectivity index (χ0) is 26.1. The highest BCUT2D eigenvalue weighted by Crippen LogP contribution is 2.31. The molecule has 0 saturated carbocycles. The molecule has 0 amide bonds. The number of benzene rings is 2. The van der Waals surface area contributed by atoms with Crippen LogP contribution in [0.5, 0.6) is 11.9 Å². The summed E-state index contributed by atoms with van der Waals surface area (Å²) in [5.74, 6) is 0.679. The van der Waals surface area contributed by atoms with Crippen molar-refractivity contribution < 1.29 is 9.47 Å². The first-order chi connectivity index (χ1) is 17.9. The second-order valence-corrected chi connectivity index (χ2v) is 8.42. The van der Waals surface area contributed by atoms with E-state index in [9.17, 15) is 4.79 Å². The Bertz CT molecular complexity index is 1650. The largest absolute Gasteiger partial charge is 0.481 e. The standard InChI is InChI=1S/C24H18Cl2N8O3/c1-36-18-10-17(30-23(31-18)37-2)12-6-8-13(9-7-12)29-22-28-11-14-20(27)34(24(35)33-21(14)32-22)19-15(25)4-3-5-16(19)26/h3-11H,27H2,1-2H3,(H,29,32,33,35). The summed E-state index contributed by atoms with van der Waals surface area (Å²) in [6.45, 7) is 0. The Balaban J connectivity index is 1.45. The van der Waals surface area contributed by atoms with Crippen LogP contribution in [0.15, 0.2) is 59.5 Å². The van der Waals surface area contributed by atoms with Crippen LogP contribution < -0.4 is 26.2 Å². The predicted octanol–water partition coefficient (Wildman–Crippen LogP) is 4.28. The molecule has 3 heterocycles. The van der Waals surface area contributed by atoms with Gasteiger partial charge in [0.1, 0.15) is 5.82 Å². The molecule has 0 atom stereocenters. The Morgan fingerprint density at radius 1 is 0.946 bits per heavy atom. The number of fused-ring (bicyclic) bond motifs is 1. The third-order valence-electron chi connectivity index (χ3n) is 5.35. The van der Waals surface area contributed by atoms with E-state index >= 15 is 0 Å². The molecule has 0 aliphatic heterocycles. The molecule has 0 fully saturated rings. The molecule has 186 valence electrons. The Kier molecular flexibility index (Phi) is 6.47. The molecule has 0 spiro atoms. The average molecular weight is 537 g/mol. The number of nitrogens with two attached hydrogens (primary N) is 1. The van der Waals surface area contributed by atoms with Gasteiger partial charge >= 0.3 is 11.7 Å². The summed E-state index contributed by atoms with van der Waals surface area (Å²) < 4.78 is 11.5. The van der Waals surface area contributed by atoms with Crippen LogP contribution >= 0.6 is 23.2 Å². The molecule has 5 rings (SSSR count). The van der Waals surface area contributed by atoms with Crippen molar-refractivity contribution in [1.29, 1.82) is 0 Å². The molecule has 0 aliphatic rings. The van der Waals surface area contributed by atoms with Crippen LogP contribution in [0.2, 0.25) is 10.0 Å². The normalized spacial score (nSPS) is 10.9. The predicted molar refractivity (Wildman–Crippen MR) is 141 cm³/mol. The second-order valence-electron chi connectivity index (χ2n) is 7.60. The zero-order valence-corrected chi connectivity index (χ0v) is 20.9. The minimum absolute atomic E-state index is 0.0663. The first-order valence-electron chi connectivity index (χ1n) is 10.7. The zero-order valence-electron chi connectivity index (χ0n) is 19.4. The first-order valence-corrected chi connectivity index (χ1v) is 11.5. The Hall–Kier alpha value is -4.48. The molecule has 0 saturated heterocycles. The lowest BCUT2D eigenvalue weighted by Crippen LogP contribution is -2.25. The average Bonchev–Trinajstić information content (AvgIpc) is 2.90. The molecular formula is C24H18Cl2N8O3. The van der Waals surface area contributed by atoms with Gasteiger partial charge in [0.15, 0.2) is 5.65 Å². The lowest BCUT2D eigenvalue weighted by atomic mass is 10.1. The van der Waals surface area contributed by atoms with E-state index < -0.39 is 5.69 Å². The highest BCUT2D eigenvalue weighted by molar-refractivity contribution is 6.37. The summed E-state index contributed by atoms with van der Waals surface area (Å²) >= 11 is 12.5. The summed E-state index contributed by atoms with van der Waals surface area (Å²) in [6, 6.07) is 14.1. The summed E-state index contributed by atoms with van der Waals surface area (Å²) in [5, 5.41) is 3.96. The van der Waals surface area contributed by atoms with E-state index in [-0.39, 0.29) is 39.2 Å². The maximum absolute atomic E-state index is 12.8. The Morgan fingerprint density at radius 3 is 2.35 bits per heavy atom. The van der Waals surface area contributed by atoms with Gasteiger partial charge in [0.05, 0.1) is 41.0 Å². The van der Waals surface area contributed by atoms with Gasteiger partial charge in [-0.1, -0.05) is 41.4 Å². The van der Waals surface area contributed by atoms with Crippen LogP contribution in [0.25, 0.3) is 28.0 Å². The number of ether oxygens (including phenoxy) is 2. The number of nitrogens with zero attached hydrogens (tertiary/aromatic N) is 6. The van der Waals surface area contributed by atoms with Gasteiger partial charge in [-0.05, 0) is 24.3 Å². The number of hydrogen-bond acceptors (Lipinski definition) is 10. The van der Waals surface area contributed by atoms with Crippen LogP contribution in [0.1, 0.15) is 0 Å². The number of para-hydroxylation sites is 1. The lowest BCUT2D eigenvalue weighted by Gasteiger charge is -2.14. The van der Waals surface area contributed by atoms with Crippen molar-refractivity contribution in [2.24, 2.45) is 0 Å². The Morgan fingerprint density at radius 2 is 1.68 bits per heavy atom. The molecule has 2 aromatic carbocycles. The van der Waals surface area contributed by atoms with Crippen LogP contribution in [-0.2, 0) is 0 Å². The monoisotopic (exact) mass is 536 g/mol. The maximum atomic E-state index is 12.8. The van der Waals surface area contributed by atoms with Crippen LogP contribution in [0.3, 0.4) is 0 Å². The molecule has 0 aliphatic carbocycles. The molecule has 37 heavy (non-hydrogen) atoms. The molecular weight excluding hydrogens is 519 g/mol. The summed E-state index contributed by atoms with van der Waals surface area (Å²) in [7, 11) is 3.00. The molecule has 13 heteroatoms. The molecule has 5 aromatic rings. The van der Waals surface area contributed by atoms with Gasteiger partial charge in [-0.25, -0.2) is 14.3 Å². The van der Waals surface area contributed by atoms with Gasteiger partial charge in [-0.2, -0.15) is 19.9 Å².